The predicted molar refractivity (Wildman–Crippen MR) is 144 cm³/mol. The molecule has 0 bridgehead atoms. The van der Waals surface area contributed by atoms with E-state index in [1.54, 1.807) is 22.1 Å². The van der Waals surface area contributed by atoms with Crippen molar-refractivity contribution in [3.05, 3.63) is 76.4 Å². The highest BCUT2D eigenvalue weighted by Gasteiger charge is 2.34. The van der Waals surface area contributed by atoms with Crippen molar-refractivity contribution in [3.63, 3.8) is 0 Å². The number of halogens is 1. The number of amides is 3. The fourth-order valence-electron chi connectivity index (χ4n) is 4.66. The van der Waals surface area contributed by atoms with Gasteiger partial charge in [0.2, 0.25) is 5.75 Å². The van der Waals surface area contributed by atoms with Crippen molar-refractivity contribution < 1.29 is 19.1 Å². The molecule has 2 aromatic heterocycles. The zero-order valence-corrected chi connectivity index (χ0v) is 22.0. The van der Waals surface area contributed by atoms with Gasteiger partial charge in [-0.3, -0.25) is 18.9 Å². The quantitative estimate of drug-likeness (QED) is 0.498. The van der Waals surface area contributed by atoms with E-state index >= 15 is 0 Å². The Morgan fingerprint density at radius 1 is 1.10 bits per heavy atom. The average Bonchev–Trinajstić information content (AvgIpc) is 3.31. The zero-order chi connectivity index (χ0) is 27.8. The fraction of sp³-hybridized carbons (Fsp3) is 0.333. The Morgan fingerprint density at radius 2 is 1.85 bits per heavy atom. The Labute approximate surface area is 224 Å². The second-order valence-electron chi connectivity index (χ2n) is 9.89. The van der Waals surface area contributed by atoms with Crippen molar-refractivity contribution in [2.75, 3.05) is 43.0 Å². The third kappa shape index (κ3) is 4.97. The number of aromatic hydroxyl groups is 1. The van der Waals surface area contributed by atoms with Crippen molar-refractivity contribution in [1.82, 2.24) is 24.5 Å². The summed E-state index contributed by atoms with van der Waals surface area (Å²) in [5.41, 5.74) is 0.407. The molecule has 2 aliphatic rings. The van der Waals surface area contributed by atoms with Crippen LogP contribution in [0, 0.1) is 5.82 Å². The van der Waals surface area contributed by atoms with E-state index in [4.69, 9.17) is 0 Å². The standard InChI is InChI=1S/C27H30FN7O4/c1-17(2)33-12-13-34(27(33)39)21-14-20(32-10-8-31(3)9-11-32)16-35-24(21)30-22(23(36)26(35)38)25(37)29-15-18-4-6-19(28)7-5-18/h4-8,10,14,16-17,36H,9,11-13,15H2,1-3H3,(H,29,37). The van der Waals surface area contributed by atoms with Crippen molar-refractivity contribution in [3.8, 4) is 5.75 Å². The van der Waals surface area contributed by atoms with Crippen molar-refractivity contribution in [1.29, 1.82) is 0 Å². The van der Waals surface area contributed by atoms with Crippen molar-refractivity contribution in [2.24, 2.45) is 0 Å². The van der Waals surface area contributed by atoms with Gasteiger partial charge in [-0.15, -0.1) is 0 Å². The van der Waals surface area contributed by atoms with Gasteiger partial charge in [-0.2, -0.15) is 0 Å². The van der Waals surface area contributed by atoms with Crippen LogP contribution < -0.4 is 20.7 Å². The molecule has 12 heteroatoms. The summed E-state index contributed by atoms with van der Waals surface area (Å²) in [5.74, 6) is -1.99. The molecule has 5 rings (SSSR count). The number of aromatic nitrogens is 2. The van der Waals surface area contributed by atoms with E-state index in [0.29, 0.717) is 36.6 Å². The number of hydrogen-bond donors (Lipinski definition) is 2. The van der Waals surface area contributed by atoms with Gasteiger partial charge >= 0.3 is 11.6 Å². The highest BCUT2D eigenvalue weighted by Crippen LogP contribution is 2.31. The maximum Gasteiger partial charge on any atom is 0.324 e. The number of carbonyl (C=O) groups is 2. The summed E-state index contributed by atoms with van der Waals surface area (Å²) in [6.45, 7) is 6.15. The molecule has 0 aliphatic carbocycles. The van der Waals surface area contributed by atoms with Gasteiger partial charge < -0.3 is 25.1 Å². The number of rotatable bonds is 6. The van der Waals surface area contributed by atoms with Crippen LogP contribution in [0.5, 0.6) is 5.75 Å². The zero-order valence-electron chi connectivity index (χ0n) is 22.0. The third-order valence-corrected chi connectivity index (χ3v) is 6.93. The van der Waals surface area contributed by atoms with E-state index in [1.807, 2.05) is 43.1 Å². The van der Waals surface area contributed by atoms with Crippen LogP contribution in [0.15, 0.2) is 53.7 Å². The molecule has 2 N–H and O–H groups in total. The van der Waals surface area contributed by atoms with Gasteiger partial charge in [0.25, 0.3) is 5.91 Å². The molecule has 1 fully saturated rings. The van der Waals surface area contributed by atoms with Crippen LogP contribution in [0.3, 0.4) is 0 Å². The van der Waals surface area contributed by atoms with Crippen molar-refractivity contribution >= 4 is 29.0 Å². The normalized spacial score (nSPS) is 15.7. The summed E-state index contributed by atoms with van der Waals surface area (Å²) in [6.07, 6.45) is 5.32. The second kappa shape index (κ2) is 10.3. The molecule has 1 aromatic carbocycles. The molecular formula is C27H30FN7O4. The topological polar surface area (TPSA) is 114 Å². The van der Waals surface area contributed by atoms with Crippen LogP contribution in [0.2, 0.25) is 0 Å². The maximum atomic E-state index is 13.4. The lowest BCUT2D eigenvalue weighted by Gasteiger charge is -2.30. The van der Waals surface area contributed by atoms with Gasteiger partial charge in [-0.25, -0.2) is 14.2 Å². The molecule has 2 aliphatic heterocycles. The number of carbonyl (C=O) groups excluding carboxylic acids is 2. The number of likely N-dealkylation sites (N-methyl/N-ethyl adjacent to an activating group) is 1. The minimum absolute atomic E-state index is 0.0231. The molecule has 204 valence electrons. The van der Waals surface area contributed by atoms with Crippen molar-refractivity contribution in [2.45, 2.75) is 26.4 Å². The molecule has 0 atom stereocenters. The average molecular weight is 536 g/mol. The first-order valence-electron chi connectivity index (χ1n) is 12.7. The Balaban J connectivity index is 1.59. The number of benzene rings is 1. The Morgan fingerprint density at radius 3 is 2.49 bits per heavy atom. The van der Waals surface area contributed by atoms with Crippen LogP contribution >= 0.6 is 0 Å². The molecule has 1 saturated heterocycles. The van der Waals surface area contributed by atoms with E-state index in [9.17, 15) is 23.9 Å². The predicted octanol–water partition coefficient (Wildman–Crippen LogP) is 2.34. The van der Waals surface area contributed by atoms with E-state index < -0.39 is 28.7 Å². The summed E-state index contributed by atoms with van der Waals surface area (Å²) in [6, 6.07) is 7.09. The maximum absolute atomic E-state index is 13.4. The lowest BCUT2D eigenvalue weighted by atomic mass is 10.2. The van der Waals surface area contributed by atoms with Gasteiger partial charge in [0, 0.05) is 64.4 Å². The number of nitrogens with one attached hydrogen (secondary N) is 1. The first kappa shape index (κ1) is 26.0. The second-order valence-corrected chi connectivity index (χ2v) is 9.89. The van der Waals surface area contributed by atoms with Gasteiger partial charge in [0.15, 0.2) is 11.3 Å². The monoisotopic (exact) mass is 535 g/mol. The highest BCUT2D eigenvalue weighted by molar-refractivity contribution is 6.00. The summed E-state index contributed by atoms with van der Waals surface area (Å²) in [5, 5.41) is 13.3. The Hall–Kier alpha value is -4.61. The van der Waals surface area contributed by atoms with Gasteiger partial charge in [-0.1, -0.05) is 12.1 Å². The molecule has 3 aromatic rings. The first-order valence-corrected chi connectivity index (χ1v) is 12.7. The van der Waals surface area contributed by atoms with Crippen LogP contribution in [0.25, 0.3) is 5.65 Å². The number of anilines is 2. The molecule has 0 unspecified atom stereocenters. The molecule has 3 amide bonds. The molecule has 39 heavy (non-hydrogen) atoms. The first-order chi connectivity index (χ1) is 18.6. The van der Waals surface area contributed by atoms with Crippen LogP contribution in [-0.4, -0.2) is 75.5 Å². The Kier molecular flexibility index (Phi) is 6.85. The lowest BCUT2D eigenvalue weighted by molar-refractivity contribution is 0.0942. The van der Waals surface area contributed by atoms with Gasteiger partial charge in [0.1, 0.15) is 5.82 Å². The summed E-state index contributed by atoms with van der Waals surface area (Å²) in [7, 11) is 1.96. The summed E-state index contributed by atoms with van der Waals surface area (Å²) in [4.78, 5) is 51.3. The summed E-state index contributed by atoms with van der Waals surface area (Å²) < 4.78 is 14.4. The fourth-order valence-corrected chi connectivity index (χ4v) is 4.66. The molecule has 0 radical (unpaired) electrons. The minimum Gasteiger partial charge on any atom is -0.501 e. The van der Waals surface area contributed by atoms with Crippen LogP contribution in [0.4, 0.5) is 20.6 Å². The summed E-state index contributed by atoms with van der Waals surface area (Å²) >= 11 is 0. The molecule has 4 heterocycles. The number of nitrogens with zero attached hydrogens (tertiary/aromatic N) is 6. The highest BCUT2D eigenvalue weighted by atomic mass is 19.1. The van der Waals surface area contributed by atoms with Gasteiger partial charge in [0.05, 0.1) is 11.4 Å². The molecular weight excluding hydrogens is 505 g/mol. The molecule has 11 nitrogen and oxygen atoms in total. The largest absolute Gasteiger partial charge is 0.501 e. The number of pyridine rings is 1. The number of fused-ring (bicyclic) bond motifs is 1. The SMILES string of the molecule is CC(C)N1CCN(c2cc(N3C=CN(C)CC3)cn3c(=O)c(O)c(C(=O)NCc4ccc(F)cc4)nc23)C1=O. The smallest absolute Gasteiger partial charge is 0.324 e. The van der Waals surface area contributed by atoms with E-state index in [-0.39, 0.29) is 24.3 Å². The van der Waals surface area contributed by atoms with Gasteiger partial charge in [-0.05, 0) is 37.6 Å². The molecule has 0 spiro atoms. The van der Waals surface area contributed by atoms with E-state index in [2.05, 4.69) is 10.3 Å². The number of urea groups is 1. The minimum atomic E-state index is -0.833. The third-order valence-electron chi connectivity index (χ3n) is 6.93. The Bertz CT molecular complexity index is 1520. The van der Waals surface area contributed by atoms with Crippen LogP contribution in [0.1, 0.15) is 29.9 Å². The lowest BCUT2D eigenvalue weighted by Crippen LogP contribution is -2.37. The van der Waals surface area contributed by atoms with E-state index in [1.165, 1.54) is 28.7 Å². The molecule has 0 saturated carbocycles. The van der Waals surface area contributed by atoms with E-state index in [0.717, 1.165) is 6.54 Å². The number of hydrogen-bond acceptors (Lipinski definition) is 7. The van der Waals surface area contributed by atoms with Crippen LogP contribution in [-0.2, 0) is 6.54 Å².